The van der Waals surface area contributed by atoms with E-state index in [0.717, 1.165) is 25.2 Å². The fourth-order valence-corrected chi connectivity index (χ4v) is 8.42. The molecule has 0 nitrogen and oxygen atoms in total. The zero-order valence-corrected chi connectivity index (χ0v) is 24.7. The number of hydrogen-bond donors (Lipinski definition) is 0. The molecule has 0 heteroatoms. The highest BCUT2D eigenvalue weighted by molar-refractivity contribution is 6.14. The van der Waals surface area contributed by atoms with Crippen LogP contribution in [-0.2, 0) is 12.8 Å². The van der Waals surface area contributed by atoms with Crippen LogP contribution in [-0.4, -0.2) is 0 Å². The minimum Gasteiger partial charge on any atom is -0.0802 e. The van der Waals surface area contributed by atoms with Crippen molar-refractivity contribution >= 4 is 45.3 Å². The largest absolute Gasteiger partial charge is 0.0802 e. The number of allylic oxidation sites excluding steroid dienone is 3. The SMILES string of the molecule is C1=Cc2ccccc2-c2cccc(C3=Cc4ccc(-c5ccc6c7c(c8ccccc8c6c5)C5CC5C=C7)cc4CC3)c2C1. The Morgan fingerprint density at radius 1 is 0.568 bits per heavy atom. The van der Waals surface area contributed by atoms with Gasteiger partial charge in [-0.15, -0.1) is 0 Å². The average Bonchev–Trinajstić information content (AvgIpc) is 3.90. The summed E-state index contributed by atoms with van der Waals surface area (Å²) in [5, 5.41) is 5.62. The number of fused-ring (bicyclic) bond motifs is 12. The summed E-state index contributed by atoms with van der Waals surface area (Å²) in [4.78, 5) is 0. The van der Waals surface area contributed by atoms with Crippen LogP contribution >= 0.6 is 0 Å². The van der Waals surface area contributed by atoms with Gasteiger partial charge in [-0.1, -0.05) is 127 Å². The maximum absolute atomic E-state index is 2.45. The normalized spacial score (nSPS) is 19.0. The maximum atomic E-state index is 2.45. The maximum Gasteiger partial charge on any atom is -0.00805 e. The number of benzene rings is 6. The predicted molar refractivity (Wildman–Crippen MR) is 188 cm³/mol. The average molecular weight is 561 g/mol. The van der Waals surface area contributed by atoms with E-state index in [4.69, 9.17) is 0 Å². The lowest BCUT2D eigenvalue weighted by Crippen LogP contribution is -2.03. The molecule has 0 saturated heterocycles. The zero-order valence-electron chi connectivity index (χ0n) is 24.7. The third-order valence-corrected chi connectivity index (χ3v) is 10.7. The molecule has 4 aliphatic carbocycles. The van der Waals surface area contributed by atoms with Crippen molar-refractivity contribution in [3.8, 4) is 22.3 Å². The summed E-state index contributed by atoms with van der Waals surface area (Å²) in [5.41, 5.74) is 16.8. The van der Waals surface area contributed by atoms with Gasteiger partial charge in [-0.3, -0.25) is 0 Å². The van der Waals surface area contributed by atoms with E-state index in [1.165, 1.54) is 89.2 Å². The van der Waals surface area contributed by atoms with Crippen LogP contribution in [0.2, 0.25) is 0 Å². The molecule has 6 aromatic carbocycles. The van der Waals surface area contributed by atoms with Crippen LogP contribution in [0.4, 0.5) is 0 Å². The van der Waals surface area contributed by atoms with Crippen LogP contribution in [0.15, 0.2) is 115 Å². The van der Waals surface area contributed by atoms with E-state index in [9.17, 15) is 0 Å². The minimum absolute atomic E-state index is 0.709. The van der Waals surface area contributed by atoms with Gasteiger partial charge in [0.15, 0.2) is 0 Å². The van der Waals surface area contributed by atoms with Gasteiger partial charge >= 0.3 is 0 Å². The molecule has 10 rings (SSSR count). The lowest BCUT2D eigenvalue weighted by Gasteiger charge is -2.22. The highest BCUT2D eigenvalue weighted by Gasteiger charge is 2.41. The van der Waals surface area contributed by atoms with Gasteiger partial charge in [0.25, 0.3) is 0 Å². The Balaban J connectivity index is 1.05. The molecular weight excluding hydrogens is 528 g/mol. The summed E-state index contributed by atoms with van der Waals surface area (Å²) in [6.45, 7) is 0. The summed E-state index contributed by atoms with van der Waals surface area (Å²) in [5.74, 6) is 1.46. The number of aryl methyl sites for hydroxylation is 1. The van der Waals surface area contributed by atoms with E-state index in [-0.39, 0.29) is 0 Å². The summed E-state index contributed by atoms with van der Waals surface area (Å²) < 4.78 is 0. The van der Waals surface area contributed by atoms with E-state index in [1.807, 2.05) is 0 Å². The smallest absolute Gasteiger partial charge is 0.00805 e. The predicted octanol–water partition coefficient (Wildman–Crippen LogP) is 11.5. The van der Waals surface area contributed by atoms with Gasteiger partial charge in [0.05, 0.1) is 0 Å². The van der Waals surface area contributed by atoms with Crippen molar-refractivity contribution in [1.82, 2.24) is 0 Å². The first-order chi connectivity index (χ1) is 21.8. The highest BCUT2D eigenvalue weighted by atomic mass is 14.4. The van der Waals surface area contributed by atoms with E-state index in [2.05, 4.69) is 134 Å². The van der Waals surface area contributed by atoms with Crippen LogP contribution in [0.1, 0.15) is 57.7 Å². The van der Waals surface area contributed by atoms with E-state index in [1.54, 1.807) is 5.56 Å². The highest BCUT2D eigenvalue weighted by Crippen LogP contribution is 2.56. The van der Waals surface area contributed by atoms with Gasteiger partial charge in [-0.05, 0) is 132 Å². The van der Waals surface area contributed by atoms with Gasteiger partial charge < -0.3 is 0 Å². The van der Waals surface area contributed by atoms with Crippen molar-refractivity contribution in [2.75, 3.05) is 0 Å². The van der Waals surface area contributed by atoms with Crippen molar-refractivity contribution in [3.05, 3.63) is 154 Å². The Morgan fingerprint density at radius 3 is 2.36 bits per heavy atom. The molecule has 0 heterocycles. The van der Waals surface area contributed by atoms with Gasteiger partial charge in [0, 0.05) is 0 Å². The Morgan fingerprint density at radius 2 is 1.39 bits per heavy atom. The Kier molecular flexibility index (Phi) is 5.17. The molecule has 1 fully saturated rings. The second-order valence-electron chi connectivity index (χ2n) is 13.1. The lowest BCUT2D eigenvalue weighted by atomic mass is 9.83. The molecule has 0 radical (unpaired) electrons. The summed E-state index contributed by atoms with van der Waals surface area (Å²) in [6, 6.07) is 39.1. The molecular formula is C44H32. The van der Waals surface area contributed by atoms with Crippen molar-refractivity contribution in [1.29, 1.82) is 0 Å². The van der Waals surface area contributed by atoms with Crippen LogP contribution < -0.4 is 0 Å². The third-order valence-electron chi connectivity index (χ3n) is 10.7. The zero-order chi connectivity index (χ0) is 28.8. The van der Waals surface area contributed by atoms with Crippen LogP contribution in [0.5, 0.6) is 0 Å². The molecule has 0 bridgehead atoms. The molecule has 0 aliphatic heterocycles. The summed E-state index contributed by atoms with van der Waals surface area (Å²) in [7, 11) is 0. The topological polar surface area (TPSA) is 0 Å². The molecule has 2 unspecified atom stereocenters. The van der Waals surface area contributed by atoms with Crippen molar-refractivity contribution in [2.24, 2.45) is 5.92 Å². The Labute approximate surface area is 258 Å². The quantitative estimate of drug-likeness (QED) is 0.185. The fourth-order valence-electron chi connectivity index (χ4n) is 8.42. The molecule has 0 spiro atoms. The molecule has 208 valence electrons. The van der Waals surface area contributed by atoms with Gasteiger partial charge in [-0.2, -0.15) is 0 Å². The van der Waals surface area contributed by atoms with E-state index < -0.39 is 0 Å². The molecule has 6 aromatic rings. The summed E-state index contributed by atoms with van der Waals surface area (Å²) >= 11 is 0. The molecule has 0 amide bonds. The van der Waals surface area contributed by atoms with Crippen molar-refractivity contribution < 1.29 is 0 Å². The molecule has 0 N–H and O–H groups in total. The van der Waals surface area contributed by atoms with Gasteiger partial charge in [0.2, 0.25) is 0 Å². The Bertz CT molecular complexity index is 2290. The van der Waals surface area contributed by atoms with Crippen molar-refractivity contribution in [2.45, 2.75) is 31.6 Å². The first kappa shape index (κ1) is 24.5. The fraction of sp³-hybridized carbons (Fsp3) is 0.136. The van der Waals surface area contributed by atoms with Crippen LogP contribution in [0, 0.1) is 5.92 Å². The first-order valence-electron chi connectivity index (χ1n) is 16.2. The van der Waals surface area contributed by atoms with E-state index >= 15 is 0 Å². The second kappa shape index (κ2) is 9.28. The van der Waals surface area contributed by atoms with Gasteiger partial charge in [-0.25, -0.2) is 0 Å². The van der Waals surface area contributed by atoms with Crippen LogP contribution in [0.3, 0.4) is 0 Å². The third kappa shape index (κ3) is 3.64. The molecule has 2 atom stereocenters. The number of rotatable bonds is 2. The standard InChI is InChI=1S/C44H32/c1-2-9-34-27(7-1)8-5-13-37-35(12-6-14-36(34)37)32-18-17-28-23-29(15-16-30(28)24-32)31-19-21-39-41-22-20-33-26-42(33)44(41)40-11-4-3-10-38(40)43(39)25-31/h1-12,14-16,19-25,33,42H,13,17-18,26H2. The van der Waals surface area contributed by atoms with Crippen molar-refractivity contribution in [3.63, 3.8) is 0 Å². The Hall–Kier alpha value is -4.94. The second-order valence-corrected chi connectivity index (χ2v) is 13.1. The minimum atomic E-state index is 0.709. The first-order valence-corrected chi connectivity index (χ1v) is 16.2. The number of hydrogen-bond acceptors (Lipinski definition) is 0. The molecule has 0 aromatic heterocycles. The van der Waals surface area contributed by atoms with Crippen LogP contribution in [0.25, 0.3) is 67.6 Å². The molecule has 44 heavy (non-hydrogen) atoms. The monoisotopic (exact) mass is 560 g/mol. The van der Waals surface area contributed by atoms with E-state index in [0.29, 0.717) is 5.92 Å². The molecule has 4 aliphatic rings. The molecule has 1 saturated carbocycles. The summed E-state index contributed by atoms with van der Waals surface area (Å²) in [6.07, 6.45) is 16.3. The lowest BCUT2D eigenvalue weighted by molar-refractivity contribution is 0.998. The van der Waals surface area contributed by atoms with Gasteiger partial charge in [0.1, 0.15) is 0 Å².